The minimum absolute atomic E-state index is 0.0416. The Morgan fingerprint density at radius 1 is 0.800 bits per heavy atom. The predicted octanol–water partition coefficient (Wildman–Crippen LogP) is 3.12. The topological polar surface area (TPSA) is 52.6 Å². The summed E-state index contributed by atoms with van der Waals surface area (Å²) < 4.78 is 10.2. The van der Waals surface area contributed by atoms with Gasteiger partial charge in [0, 0.05) is 5.56 Å². The third-order valence-electron chi connectivity index (χ3n) is 2.80. The average molecular weight is 270 g/mol. The molecule has 0 amide bonds. The number of hydrogen-bond acceptors (Lipinski definition) is 4. The van der Waals surface area contributed by atoms with Gasteiger partial charge in [0.1, 0.15) is 11.5 Å². The van der Waals surface area contributed by atoms with Crippen LogP contribution in [0.2, 0.25) is 0 Å². The second-order valence-electron chi connectivity index (χ2n) is 4.20. The van der Waals surface area contributed by atoms with Crippen molar-refractivity contribution in [2.24, 2.45) is 0 Å². The fourth-order valence-corrected chi connectivity index (χ4v) is 1.65. The summed E-state index contributed by atoms with van der Waals surface area (Å²) in [6, 6.07) is 13.1. The van der Waals surface area contributed by atoms with E-state index in [0.717, 1.165) is 0 Å². The lowest BCUT2D eigenvalue weighted by molar-refractivity contribution is 0.0734. The number of carbonyl (C=O) groups is 2. The van der Waals surface area contributed by atoms with E-state index in [-0.39, 0.29) is 5.78 Å². The maximum Gasteiger partial charge on any atom is 0.343 e. The fourth-order valence-electron chi connectivity index (χ4n) is 1.65. The molecule has 0 spiro atoms. The summed E-state index contributed by atoms with van der Waals surface area (Å²) in [7, 11) is 1.57. The molecule has 4 nitrogen and oxygen atoms in total. The summed E-state index contributed by atoms with van der Waals surface area (Å²) in [4.78, 5) is 23.1. The number of ether oxygens (including phenoxy) is 2. The molecular formula is C16H14O4. The van der Waals surface area contributed by atoms with Crippen molar-refractivity contribution in [2.75, 3.05) is 7.11 Å². The first-order valence-corrected chi connectivity index (χ1v) is 6.07. The maximum atomic E-state index is 11.9. The molecule has 0 radical (unpaired) electrons. The van der Waals surface area contributed by atoms with E-state index in [1.165, 1.54) is 6.92 Å². The molecule has 20 heavy (non-hydrogen) atoms. The zero-order valence-corrected chi connectivity index (χ0v) is 11.3. The lowest BCUT2D eigenvalue weighted by Gasteiger charge is -2.05. The molecule has 2 rings (SSSR count). The lowest BCUT2D eigenvalue weighted by Crippen LogP contribution is -2.08. The first-order valence-electron chi connectivity index (χ1n) is 6.07. The van der Waals surface area contributed by atoms with Crippen LogP contribution in [0.25, 0.3) is 0 Å². The van der Waals surface area contributed by atoms with E-state index in [0.29, 0.717) is 22.6 Å². The number of carbonyl (C=O) groups excluding carboxylic acids is 2. The van der Waals surface area contributed by atoms with Crippen LogP contribution in [-0.4, -0.2) is 18.9 Å². The van der Waals surface area contributed by atoms with Crippen LogP contribution in [-0.2, 0) is 0 Å². The van der Waals surface area contributed by atoms with E-state index in [2.05, 4.69) is 0 Å². The number of esters is 1. The monoisotopic (exact) mass is 270 g/mol. The summed E-state index contributed by atoms with van der Waals surface area (Å²) in [5, 5.41) is 0. The molecule has 0 N–H and O–H groups in total. The predicted molar refractivity (Wildman–Crippen MR) is 74.4 cm³/mol. The highest BCUT2D eigenvalue weighted by Crippen LogP contribution is 2.18. The standard InChI is InChI=1S/C16H14O4/c1-11(17)12-3-5-13(6-4-12)16(18)20-15-9-7-14(19-2)8-10-15/h3-10H,1-2H3. The molecule has 0 bridgehead atoms. The zero-order chi connectivity index (χ0) is 14.5. The summed E-state index contributed by atoms with van der Waals surface area (Å²) in [5.41, 5.74) is 0.955. The van der Waals surface area contributed by atoms with Crippen LogP contribution in [0.5, 0.6) is 11.5 Å². The van der Waals surface area contributed by atoms with Gasteiger partial charge < -0.3 is 9.47 Å². The fraction of sp³-hybridized carbons (Fsp3) is 0.125. The first-order chi connectivity index (χ1) is 9.60. The van der Waals surface area contributed by atoms with Gasteiger partial charge in [0.25, 0.3) is 0 Å². The number of ketones is 1. The smallest absolute Gasteiger partial charge is 0.343 e. The summed E-state index contributed by atoms with van der Waals surface area (Å²) >= 11 is 0. The van der Waals surface area contributed by atoms with E-state index in [9.17, 15) is 9.59 Å². The largest absolute Gasteiger partial charge is 0.497 e. The van der Waals surface area contributed by atoms with Gasteiger partial charge >= 0.3 is 5.97 Å². The number of methoxy groups -OCH3 is 1. The minimum Gasteiger partial charge on any atom is -0.497 e. The number of Topliss-reactive ketones (excluding diaryl/α,β-unsaturated/α-hetero) is 1. The molecule has 0 atom stereocenters. The van der Waals surface area contributed by atoms with Crippen LogP contribution >= 0.6 is 0 Å². The second kappa shape index (κ2) is 6.02. The summed E-state index contributed by atoms with van der Waals surface area (Å²) in [6.45, 7) is 1.48. The van der Waals surface area contributed by atoms with E-state index in [1.807, 2.05) is 0 Å². The van der Waals surface area contributed by atoms with Gasteiger partial charge in [-0.05, 0) is 43.3 Å². The Bertz CT molecular complexity index is 612. The molecule has 0 aliphatic carbocycles. The van der Waals surface area contributed by atoms with Crippen LogP contribution in [0.3, 0.4) is 0 Å². The van der Waals surface area contributed by atoms with Gasteiger partial charge in [0.15, 0.2) is 5.78 Å². The van der Waals surface area contributed by atoms with Gasteiger partial charge in [0.2, 0.25) is 0 Å². The zero-order valence-electron chi connectivity index (χ0n) is 11.3. The molecule has 0 unspecified atom stereocenters. The Hall–Kier alpha value is -2.62. The van der Waals surface area contributed by atoms with Crippen LogP contribution in [0.1, 0.15) is 27.6 Å². The van der Waals surface area contributed by atoms with Crippen LogP contribution < -0.4 is 9.47 Å². The number of benzene rings is 2. The molecule has 0 aromatic heterocycles. The highest BCUT2D eigenvalue weighted by atomic mass is 16.5. The number of rotatable bonds is 4. The minimum atomic E-state index is -0.467. The third kappa shape index (κ3) is 3.23. The molecule has 0 saturated heterocycles. The normalized spacial score (nSPS) is 9.90. The van der Waals surface area contributed by atoms with Gasteiger partial charge in [-0.3, -0.25) is 4.79 Å². The lowest BCUT2D eigenvalue weighted by atomic mass is 10.1. The van der Waals surface area contributed by atoms with Gasteiger partial charge in [-0.15, -0.1) is 0 Å². The molecule has 0 fully saturated rings. The number of hydrogen-bond donors (Lipinski definition) is 0. The maximum absolute atomic E-state index is 11.9. The Labute approximate surface area is 116 Å². The van der Waals surface area contributed by atoms with Crippen LogP contribution in [0.4, 0.5) is 0 Å². The average Bonchev–Trinajstić information content (AvgIpc) is 2.48. The molecule has 102 valence electrons. The summed E-state index contributed by atoms with van der Waals surface area (Å²) in [5.74, 6) is 0.618. The first kappa shape index (κ1) is 13.8. The Kier molecular flexibility index (Phi) is 4.15. The van der Waals surface area contributed by atoms with Gasteiger partial charge in [-0.1, -0.05) is 12.1 Å². The van der Waals surface area contributed by atoms with Crippen molar-refractivity contribution in [3.8, 4) is 11.5 Å². The highest BCUT2D eigenvalue weighted by Gasteiger charge is 2.09. The Balaban J connectivity index is 2.08. The van der Waals surface area contributed by atoms with Crippen molar-refractivity contribution in [3.63, 3.8) is 0 Å². The molecule has 0 aliphatic rings. The van der Waals surface area contributed by atoms with Crippen molar-refractivity contribution < 1.29 is 19.1 Å². The molecular weight excluding hydrogens is 256 g/mol. The van der Waals surface area contributed by atoms with Crippen LogP contribution in [0.15, 0.2) is 48.5 Å². The third-order valence-corrected chi connectivity index (χ3v) is 2.80. The quantitative estimate of drug-likeness (QED) is 0.486. The van der Waals surface area contributed by atoms with Gasteiger partial charge in [-0.2, -0.15) is 0 Å². The van der Waals surface area contributed by atoms with Crippen molar-refractivity contribution in [1.82, 2.24) is 0 Å². The van der Waals surface area contributed by atoms with Crippen LogP contribution in [0, 0.1) is 0 Å². The van der Waals surface area contributed by atoms with Crippen molar-refractivity contribution in [2.45, 2.75) is 6.92 Å². The van der Waals surface area contributed by atoms with E-state index < -0.39 is 5.97 Å². The molecule has 4 heteroatoms. The van der Waals surface area contributed by atoms with Crippen molar-refractivity contribution in [3.05, 3.63) is 59.7 Å². The Morgan fingerprint density at radius 3 is 1.80 bits per heavy atom. The SMILES string of the molecule is COc1ccc(OC(=O)c2ccc(C(C)=O)cc2)cc1. The van der Waals surface area contributed by atoms with Gasteiger partial charge in [0.05, 0.1) is 12.7 Å². The molecule has 0 aliphatic heterocycles. The highest BCUT2D eigenvalue weighted by molar-refractivity contribution is 5.96. The Morgan fingerprint density at radius 2 is 1.30 bits per heavy atom. The van der Waals surface area contributed by atoms with Crippen molar-refractivity contribution in [1.29, 1.82) is 0 Å². The molecule has 2 aromatic carbocycles. The van der Waals surface area contributed by atoms with E-state index in [1.54, 1.807) is 55.6 Å². The van der Waals surface area contributed by atoms with E-state index >= 15 is 0 Å². The summed E-state index contributed by atoms with van der Waals surface area (Å²) in [6.07, 6.45) is 0. The van der Waals surface area contributed by atoms with Gasteiger partial charge in [-0.25, -0.2) is 4.79 Å². The van der Waals surface area contributed by atoms with Crippen molar-refractivity contribution >= 4 is 11.8 Å². The van der Waals surface area contributed by atoms with E-state index in [4.69, 9.17) is 9.47 Å². The molecule has 2 aromatic rings. The second-order valence-corrected chi connectivity index (χ2v) is 4.20. The molecule has 0 saturated carbocycles. The molecule has 0 heterocycles.